The minimum atomic E-state index is -1.02. The molecular formula is C13H10F2N2O2. The van der Waals surface area contributed by atoms with Gasteiger partial charge in [0.05, 0.1) is 7.11 Å². The molecule has 0 saturated carbocycles. The first kappa shape index (κ1) is 12.9. The van der Waals surface area contributed by atoms with Gasteiger partial charge in [-0.3, -0.25) is 4.79 Å². The van der Waals surface area contributed by atoms with Crippen LogP contribution >= 0.6 is 0 Å². The van der Waals surface area contributed by atoms with E-state index in [1.54, 1.807) is 0 Å². The Bertz CT molecular complexity index is 617. The number of carbonyl (C=O) groups excluding carboxylic acids is 1. The van der Waals surface area contributed by atoms with Gasteiger partial charge in [-0.2, -0.15) is 0 Å². The van der Waals surface area contributed by atoms with Crippen LogP contribution in [0.1, 0.15) is 10.4 Å². The summed E-state index contributed by atoms with van der Waals surface area (Å²) in [6.45, 7) is 0. The number of halogens is 2. The lowest BCUT2D eigenvalue weighted by Gasteiger charge is -2.06. The number of nitrogens with zero attached hydrogens (tertiary/aromatic N) is 1. The van der Waals surface area contributed by atoms with Crippen molar-refractivity contribution in [2.45, 2.75) is 0 Å². The molecule has 98 valence electrons. The number of carbonyl (C=O) groups is 1. The van der Waals surface area contributed by atoms with Crippen molar-refractivity contribution in [3.63, 3.8) is 0 Å². The maximum Gasteiger partial charge on any atom is 0.255 e. The van der Waals surface area contributed by atoms with Gasteiger partial charge in [0.15, 0.2) is 11.6 Å². The van der Waals surface area contributed by atoms with E-state index in [9.17, 15) is 13.6 Å². The third-order valence-corrected chi connectivity index (χ3v) is 2.38. The zero-order valence-electron chi connectivity index (χ0n) is 9.98. The molecule has 1 heterocycles. The monoisotopic (exact) mass is 264 g/mol. The van der Waals surface area contributed by atoms with Crippen molar-refractivity contribution in [3.8, 4) is 5.88 Å². The molecule has 1 aromatic carbocycles. The minimum absolute atomic E-state index is 0.166. The summed E-state index contributed by atoms with van der Waals surface area (Å²) in [7, 11) is 1.43. The van der Waals surface area contributed by atoms with Crippen molar-refractivity contribution >= 4 is 11.6 Å². The largest absolute Gasteiger partial charge is 0.481 e. The number of amides is 1. The van der Waals surface area contributed by atoms with Crippen molar-refractivity contribution in [1.82, 2.24) is 4.98 Å². The first-order valence-electron chi connectivity index (χ1n) is 5.36. The second-order valence-corrected chi connectivity index (χ2v) is 3.67. The van der Waals surface area contributed by atoms with E-state index in [1.807, 2.05) is 0 Å². The van der Waals surface area contributed by atoms with Gasteiger partial charge < -0.3 is 10.1 Å². The fourth-order valence-corrected chi connectivity index (χ4v) is 1.44. The lowest BCUT2D eigenvalue weighted by Crippen LogP contribution is -2.12. The molecule has 0 radical (unpaired) electrons. The molecule has 1 aromatic heterocycles. The fourth-order valence-electron chi connectivity index (χ4n) is 1.44. The Hall–Kier alpha value is -2.50. The molecule has 1 amide bonds. The molecule has 0 fully saturated rings. The van der Waals surface area contributed by atoms with E-state index in [4.69, 9.17) is 4.74 Å². The highest BCUT2D eigenvalue weighted by molar-refractivity contribution is 6.04. The third kappa shape index (κ3) is 3.04. The highest BCUT2D eigenvalue weighted by Crippen LogP contribution is 2.15. The van der Waals surface area contributed by atoms with E-state index in [-0.39, 0.29) is 11.6 Å². The summed E-state index contributed by atoms with van der Waals surface area (Å²) in [5.74, 6) is -2.17. The quantitative estimate of drug-likeness (QED) is 0.927. The van der Waals surface area contributed by atoms with E-state index in [2.05, 4.69) is 10.3 Å². The van der Waals surface area contributed by atoms with Crippen LogP contribution in [0.4, 0.5) is 14.5 Å². The summed E-state index contributed by atoms with van der Waals surface area (Å²) < 4.78 is 30.6. The van der Waals surface area contributed by atoms with Crippen molar-refractivity contribution in [2.75, 3.05) is 12.4 Å². The Morgan fingerprint density at radius 1 is 1.21 bits per heavy atom. The van der Waals surface area contributed by atoms with Crippen LogP contribution in [0.15, 0.2) is 36.5 Å². The Labute approximate surface area is 108 Å². The molecule has 0 aliphatic heterocycles. The van der Waals surface area contributed by atoms with Crippen LogP contribution in [-0.4, -0.2) is 18.0 Å². The van der Waals surface area contributed by atoms with E-state index in [0.717, 1.165) is 12.1 Å². The van der Waals surface area contributed by atoms with E-state index in [0.29, 0.717) is 5.56 Å². The van der Waals surface area contributed by atoms with E-state index in [1.165, 1.54) is 31.5 Å². The summed E-state index contributed by atoms with van der Waals surface area (Å²) in [5, 5.41) is 2.45. The molecule has 0 atom stereocenters. The molecule has 2 rings (SSSR count). The van der Waals surface area contributed by atoms with Gasteiger partial charge in [-0.25, -0.2) is 13.8 Å². The van der Waals surface area contributed by atoms with Crippen LogP contribution in [0.25, 0.3) is 0 Å². The van der Waals surface area contributed by atoms with E-state index < -0.39 is 17.5 Å². The standard InChI is InChI=1S/C13H10F2N2O2/c1-19-12-6-8(4-5-16-12)13(18)17-9-2-3-10(14)11(15)7-9/h2-7H,1H3,(H,17,18). The maximum atomic E-state index is 13.0. The normalized spacial score (nSPS) is 10.1. The molecule has 0 aliphatic carbocycles. The summed E-state index contributed by atoms with van der Waals surface area (Å²) in [5.41, 5.74) is 0.469. The number of pyridine rings is 1. The second kappa shape index (κ2) is 5.43. The Balaban J connectivity index is 2.18. The number of anilines is 1. The van der Waals surface area contributed by atoms with E-state index >= 15 is 0 Å². The first-order chi connectivity index (χ1) is 9.10. The van der Waals surface area contributed by atoms with Crippen LogP contribution < -0.4 is 10.1 Å². The fraction of sp³-hybridized carbons (Fsp3) is 0.0769. The maximum absolute atomic E-state index is 13.0. The number of benzene rings is 1. The molecule has 0 unspecified atom stereocenters. The number of ether oxygens (including phenoxy) is 1. The summed E-state index contributed by atoms with van der Waals surface area (Å²) in [6, 6.07) is 6.05. The Kier molecular flexibility index (Phi) is 3.70. The SMILES string of the molecule is COc1cc(C(=O)Nc2ccc(F)c(F)c2)ccn1. The molecule has 0 bridgehead atoms. The topological polar surface area (TPSA) is 51.2 Å². The summed E-state index contributed by atoms with van der Waals surface area (Å²) in [4.78, 5) is 15.7. The van der Waals surface area contributed by atoms with Gasteiger partial charge in [-0.15, -0.1) is 0 Å². The van der Waals surface area contributed by atoms with Crippen molar-refractivity contribution < 1.29 is 18.3 Å². The summed E-state index contributed by atoms with van der Waals surface area (Å²) >= 11 is 0. The number of rotatable bonds is 3. The summed E-state index contributed by atoms with van der Waals surface area (Å²) in [6.07, 6.45) is 1.42. The number of methoxy groups -OCH3 is 1. The molecule has 0 saturated heterocycles. The number of nitrogens with one attached hydrogen (secondary N) is 1. The number of hydrogen-bond acceptors (Lipinski definition) is 3. The first-order valence-corrected chi connectivity index (χ1v) is 5.36. The van der Waals surface area contributed by atoms with Crippen LogP contribution in [-0.2, 0) is 0 Å². The molecule has 6 heteroatoms. The van der Waals surface area contributed by atoms with Gasteiger partial charge >= 0.3 is 0 Å². The van der Waals surface area contributed by atoms with Gasteiger partial charge in [0.2, 0.25) is 5.88 Å². The second-order valence-electron chi connectivity index (χ2n) is 3.67. The Morgan fingerprint density at radius 2 is 2.00 bits per heavy atom. The molecule has 0 aliphatic rings. The highest BCUT2D eigenvalue weighted by atomic mass is 19.2. The molecule has 1 N–H and O–H groups in total. The number of hydrogen-bond donors (Lipinski definition) is 1. The van der Waals surface area contributed by atoms with Crippen molar-refractivity contribution in [2.24, 2.45) is 0 Å². The van der Waals surface area contributed by atoms with Crippen LogP contribution in [0.5, 0.6) is 5.88 Å². The predicted octanol–water partition coefficient (Wildman–Crippen LogP) is 2.62. The van der Waals surface area contributed by atoms with Crippen molar-refractivity contribution in [3.05, 3.63) is 53.7 Å². The third-order valence-electron chi connectivity index (χ3n) is 2.38. The highest BCUT2D eigenvalue weighted by Gasteiger charge is 2.09. The van der Waals surface area contributed by atoms with Gasteiger partial charge in [0.1, 0.15) is 0 Å². The average Bonchev–Trinajstić information content (AvgIpc) is 2.43. The van der Waals surface area contributed by atoms with Gasteiger partial charge in [0.25, 0.3) is 5.91 Å². The van der Waals surface area contributed by atoms with Crippen LogP contribution in [0, 0.1) is 11.6 Å². The average molecular weight is 264 g/mol. The van der Waals surface area contributed by atoms with Gasteiger partial charge in [-0.05, 0) is 18.2 Å². The molecule has 2 aromatic rings. The Morgan fingerprint density at radius 3 is 2.68 bits per heavy atom. The predicted molar refractivity (Wildman–Crippen MR) is 65.1 cm³/mol. The minimum Gasteiger partial charge on any atom is -0.481 e. The van der Waals surface area contributed by atoms with Gasteiger partial charge in [-0.1, -0.05) is 0 Å². The van der Waals surface area contributed by atoms with Gasteiger partial charge in [0, 0.05) is 29.6 Å². The zero-order valence-corrected chi connectivity index (χ0v) is 9.98. The molecule has 19 heavy (non-hydrogen) atoms. The van der Waals surface area contributed by atoms with Crippen molar-refractivity contribution in [1.29, 1.82) is 0 Å². The van der Waals surface area contributed by atoms with Crippen LogP contribution in [0.2, 0.25) is 0 Å². The smallest absolute Gasteiger partial charge is 0.255 e. The molecule has 0 spiro atoms. The zero-order chi connectivity index (χ0) is 13.8. The van der Waals surface area contributed by atoms with Crippen LogP contribution in [0.3, 0.4) is 0 Å². The number of aromatic nitrogens is 1. The lowest BCUT2D eigenvalue weighted by molar-refractivity contribution is 0.102. The lowest BCUT2D eigenvalue weighted by atomic mass is 10.2. The molecular weight excluding hydrogens is 254 g/mol. The molecule has 4 nitrogen and oxygen atoms in total.